The summed E-state index contributed by atoms with van der Waals surface area (Å²) in [6.45, 7) is 8.78. The van der Waals surface area contributed by atoms with Gasteiger partial charge in [0.05, 0.1) is 10.9 Å². The normalized spacial score (nSPS) is 10.6. The van der Waals surface area contributed by atoms with Crippen molar-refractivity contribution in [3.05, 3.63) is 38.2 Å². The van der Waals surface area contributed by atoms with Crippen LogP contribution in [0.4, 0.5) is 0 Å². The van der Waals surface area contributed by atoms with E-state index in [1.54, 1.807) is 6.07 Å². The van der Waals surface area contributed by atoms with E-state index in [0.717, 1.165) is 0 Å². The maximum atomic E-state index is 12.5. The molecule has 0 saturated carbocycles. The van der Waals surface area contributed by atoms with E-state index in [-0.39, 0.29) is 53.2 Å². The molecule has 8 nitrogen and oxygen atoms in total. The summed E-state index contributed by atoms with van der Waals surface area (Å²) < 4.78 is 1.42. The van der Waals surface area contributed by atoms with Crippen molar-refractivity contribution in [3.8, 4) is 0 Å². The Morgan fingerprint density at radius 2 is 1.89 bits per heavy atom. The highest BCUT2D eigenvalue weighted by atomic mass is 35.5. The number of nitrogens with one attached hydrogen (secondary N) is 2. The zero-order chi connectivity index (χ0) is 18.7. The van der Waals surface area contributed by atoms with Gasteiger partial charge in [-0.3, -0.25) is 19.1 Å². The molecule has 2 rings (SSSR count). The molecule has 1 amide bonds. The molecule has 152 valence electrons. The van der Waals surface area contributed by atoms with Crippen molar-refractivity contribution >= 4 is 41.8 Å². The Hall–Kier alpha value is -1.90. The third kappa shape index (κ3) is 5.54. The molecule has 10 heteroatoms. The average Bonchev–Trinajstić information content (AvgIpc) is 2.54. The number of carbonyl (C=O) groups excluding carboxylic acids is 1. The number of aromatic amines is 1. The Kier molecular flexibility index (Phi) is 9.70. The summed E-state index contributed by atoms with van der Waals surface area (Å²) in [4.78, 5) is 44.0. The number of hydrogen-bond donors (Lipinski definition) is 3. The summed E-state index contributed by atoms with van der Waals surface area (Å²) in [5.41, 5.74) is 5.40. The summed E-state index contributed by atoms with van der Waals surface area (Å²) in [5, 5.41) is 2.80. The van der Waals surface area contributed by atoms with Gasteiger partial charge >= 0.3 is 5.69 Å². The van der Waals surface area contributed by atoms with E-state index in [4.69, 9.17) is 5.73 Å². The van der Waals surface area contributed by atoms with E-state index in [1.165, 1.54) is 4.57 Å². The monoisotopic (exact) mass is 419 g/mol. The molecular formula is C17H27Cl2N5O3. The van der Waals surface area contributed by atoms with Gasteiger partial charge in [-0.1, -0.05) is 27.7 Å². The predicted molar refractivity (Wildman–Crippen MR) is 111 cm³/mol. The van der Waals surface area contributed by atoms with Crippen LogP contribution in [-0.2, 0) is 6.54 Å². The van der Waals surface area contributed by atoms with E-state index in [0.29, 0.717) is 25.3 Å². The van der Waals surface area contributed by atoms with Crippen molar-refractivity contribution in [1.82, 2.24) is 19.9 Å². The van der Waals surface area contributed by atoms with E-state index in [1.807, 2.05) is 27.7 Å². The number of H-pyrrole nitrogens is 1. The van der Waals surface area contributed by atoms with Crippen LogP contribution in [-0.4, -0.2) is 33.5 Å². The number of nitrogens with zero attached hydrogens (tertiary/aromatic N) is 2. The van der Waals surface area contributed by atoms with Crippen molar-refractivity contribution in [2.45, 2.75) is 40.2 Å². The molecule has 0 unspecified atom stereocenters. The number of aromatic nitrogens is 3. The van der Waals surface area contributed by atoms with Gasteiger partial charge in [0.2, 0.25) is 0 Å². The molecule has 2 heterocycles. The molecular weight excluding hydrogens is 393 g/mol. The first-order valence-corrected chi connectivity index (χ1v) is 8.42. The molecule has 4 N–H and O–H groups in total. The van der Waals surface area contributed by atoms with Crippen LogP contribution >= 0.6 is 24.8 Å². The molecule has 0 bridgehead atoms. The van der Waals surface area contributed by atoms with Crippen molar-refractivity contribution in [3.63, 3.8) is 0 Å². The second-order valence-electron chi connectivity index (χ2n) is 6.76. The number of nitrogens with two attached hydrogens (primary N) is 1. The fraction of sp³-hybridized carbons (Fsp3) is 0.529. The van der Waals surface area contributed by atoms with Crippen LogP contribution in [0.25, 0.3) is 11.0 Å². The summed E-state index contributed by atoms with van der Waals surface area (Å²) in [7, 11) is 0. The highest BCUT2D eigenvalue weighted by molar-refractivity contribution is 6.05. The molecule has 0 saturated heterocycles. The minimum Gasteiger partial charge on any atom is -0.351 e. The molecule has 0 radical (unpaired) electrons. The van der Waals surface area contributed by atoms with Crippen LogP contribution in [0.3, 0.4) is 0 Å². The number of pyridine rings is 1. The zero-order valence-corrected chi connectivity index (χ0v) is 17.5. The first-order chi connectivity index (χ1) is 11.8. The van der Waals surface area contributed by atoms with Gasteiger partial charge in [-0.15, -0.1) is 24.8 Å². The lowest BCUT2D eigenvalue weighted by Gasteiger charge is -2.15. The molecule has 0 aliphatic heterocycles. The average molecular weight is 420 g/mol. The summed E-state index contributed by atoms with van der Waals surface area (Å²) >= 11 is 0. The molecule has 0 fully saturated rings. The molecule has 0 aliphatic rings. The predicted octanol–water partition coefficient (Wildman–Crippen LogP) is 1.40. The van der Waals surface area contributed by atoms with Gasteiger partial charge < -0.3 is 11.1 Å². The maximum Gasteiger partial charge on any atom is 0.330 e. The number of carbonyl (C=O) groups is 1. The van der Waals surface area contributed by atoms with Crippen LogP contribution in [0, 0.1) is 5.92 Å². The fourth-order valence-electron chi connectivity index (χ4n) is 2.58. The van der Waals surface area contributed by atoms with E-state index in [2.05, 4.69) is 15.3 Å². The quantitative estimate of drug-likeness (QED) is 0.652. The molecule has 2 aromatic rings. The lowest BCUT2D eigenvalue weighted by molar-refractivity contribution is 0.0956. The fourth-order valence-corrected chi connectivity index (χ4v) is 2.58. The molecule has 27 heavy (non-hydrogen) atoms. The Morgan fingerprint density at radius 3 is 2.41 bits per heavy atom. The summed E-state index contributed by atoms with van der Waals surface area (Å²) in [6, 6.07) is 1.61. The smallest absolute Gasteiger partial charge is 0.330 e. The number of halogens is 2. The lowest BCUT2D eigenvalue weighted by atomic mass is 10.0. The van der Waals surface area contributed by atoms with Gasteiger partial charge in [-0.05, 0) is 17.9 Å². The van der Waals surface area contributed by atoms with Gasteiger partial charge in [0.15, 0.2) is 5.65 Å². The first kappa shape index (κ1) is 25.1. The second-order valence-corrected chi connectivity index (χ2v) is 6.76. The summed E-state index contributed by atoms with van der Waals surface area (Å²) in [5.74, 6) is -0.196. The van der Waals surface area contributed by atoms with Crippen molar-refractivity contribution in [1.29, 1.82) is 0 Å². The molecule has 0 atom stereocenters. The maximum absolute atomic E-state index is 12.5. The number of fused-ring (bicyclic) bond motifs is 1. The standard InChI is InChI=1S/C17H25N5O3.2ClH/c1-9(2)8-22-14-13(16(24)21-17(22)25)11(15(23)19-6-5-18)7-12(20-14)10(3)4;;/h7,9-10H,5-6,8,18H2,1-4H3,(H,19,23)(H,21,24,25);2*1H. The highest BCUT2D eigenvalue weighted by Gasteiger charge is 2.20. The Labute approximate surface area is 169 Å². The third-order valence-corrected chi connectivity index (χ3v) is 3.78. The number of amides is 1. The van der Waals surface area contributed by atoms with Crippen LogP contribution in [0.2, 0.25) is 0 Å². The van der Waals surface area contributed by atoms with Crippen molar-refractivity contribution in [2.75, 3.05) is 13.1 Å². The SMILES string of the molecule is CC(C)Cn1c(=O)[nH]c(=O)c2c(C(=O)NCCN)cc(C(C)C)nc21.Cl.Cl. The van der Waals surface area contributed by atoms with Crippen LogP contribution in [0.5, 0.6) is 0 Å². The minimum absolute atomic E-state index is 0. The van der Waals surface area contributed by atoms with Crippen molar-refractivity contribution in [2.24, 2.45) is 11.7 Å². The minimum atomic E-state index is -0.610. The van der Waals surface area contributed by atoms with Gasteiger partial charge in [0.1, 0.15) is 0 Å². The first-order valence-electron chi connectivity index (χ1n) is 8.42. The summed E-state index contributed by atoms with van der Waals surface area (Å²) in [6.07, 6.45) is 0. The largest absolute Gasteiger partial charge is 0.351 e. The molecule has 0 aliphatic carbocycles. The Bertz CT molecular complexity index is 906. The lowest BCUT2D eigenvalue weighted by Crippen LogP contribution is -2.35. The van der Waals surface area contributed by atoms with Gasteiger partial charge in [0.25, 0.3) is 11.5 Å². The van der Waals surface area contributed by atoms with Crippen LogP contribution < -0.4 is 22.3 Å². The van der Waals surface area contributed by atoms with E-state index < -0.39 is 17.2 Å². The number of rotatable bonds is 6. The van der Waals surface area contributed by atoms with Crippen LogP contribution in [0.1, 0.15) is 49.7 Å². The van der Waals surface area contributed by atoms with E-state index in [9.17, 15) is 14.4 Å². The zero-order valence-electron chi connectivity index (χ0n) is 15.9. The highest BCUT2D eigenvalue weighted by Crippen LogP contribution is 2.20. The molecule has 2 aromatic heterocycles. The Balaban J connectivity index is 0.00000338. The van der Waals surface area contributed by atoms with E-state index >= 15 is 0 Å². The topological polar surface area (TPSA) is 123 Å². The third-order valence-electron chi connectivity index (χ3n) is 3.78. The van der Waals surface area contributed by atoms with Gasteiger partial charge in [0, 0.05) is 25.3 Å². The number of hydrogen-bond acceptors (Lipinski definition) is 5. The Morgan fingerprint density at radius 1 is 1.26 bits per heavy atom. The van der Waals surface area contributed by atoms with Gasteiger partial charge in [-0.2, -0.15) is 0 Å². The van der Waals surface area contributed by atoms with Gasteiger partial charge in [-0.25, -0.2) is 9.78 Å². The molecule has 0 spiro atoms. The van der Waals surface area contributed by atoms with Crippen molar-refractivity contribution < 1.29 is 4.79 Å². The second kappa shape index (κ2) is 10.4. The van der Waals surface area contributed by atoms with Crippen LogP contribution in [0.15, 0.2) is 15.7 Å². The molecule has 0 aromatic carbocycles.